The van der Waals surface area contributed by atoms with E-state index in [0.717, 1.165) is 0 Å². The predicted octanol–water partition coefficient (Wildman–Crippen LogP) is 1.43. The Kier molecular flexibility index (Phi) is 3.13. The number of hydrogen-bond acceptors (Lipinski definition) is 7. The molecule has 20 heavy (non-hydrogen) atoms. The minimum Gasteiger partial charge on any atom is -0.368 e. The van der Waals surface area contributed by atoms with Crippen molar-refractivity contribution in [2.75, 3.05) is 11.1 Å². The second kappa shape index (κ2) is 5.10. The van der Waals surface area contributed by atoms with Gasteiger partial charge in [-0.25, -0.2) is 0 Å². The fraction of sp³-hybridized carbons (Fsp3) is 0. The van der Waals surface area contributed by atoms with Gasteiger partial charge in [0.2, 0.25) is 17.8 Å². The second-order valence-corrected chi connectivity index (χ2v) is 4.20. The van der Waals surface area contributed by atoms with Crippen LogP contribution in [-0.2, 0) is 0 Å². The fourth-order valence-corrected chi connectivity index (χ4v) is 1.72. The number of para-hydroxylation sites is 1. The van der Waals surface area contributed by atoms with Crippen molar-refractivity contribution in [1.82, 2.24) is 29.7 Å². The Morgan fingerprint density at radius 3 is 2.55 bits per heavy atom. The number of nitrogens with two attached hydrogens (primary N) is 1. The van der Waals surface area contributed by atoms with Crippen LogP contribution in [0.3, 0.4) is 0 Å². The molecule has 0 saturated carbocycles. The molecule has 8 nitrogen and oxygen atoms in total. The van der Waals surface area contributed by atoms with E-state index < -0.39 is 0 Å². The monoisotopic (exact) mass is 288 g/mol. The average molecular weight is 289 g/mol. The first-order valence-electron chi connectivity index (χ1n) is 5.60. The van der Waals surface area contributed by atoms with Crippen molar-refractivity contribution in [1.29, 1.82) is 0 Å². The molecule has 0 aliphatic carbocycles. The second-order valence-electron chi connectivity index (χ2n) is 3.79. The van der Waals surface area contributed by atoms with Crippen LogP contribution < -0.4 is 11.1 Å². The Morgan fingerprint density at radius 1 is 1.05 bits per heavy atom. The third-order valence-corrected chi connectivity index (χ3v) is 2.74. The molecule has 3 N–H and O–H groups in total. The van der Waals surface area contributed by atoms with E-state index in [2.05, 4.69) is 30.5 Å². The summed E-state index contributed by atoms with van der Waals surface area (Å²) in [6, 6.07) is 7.24. The van der Waals surface area contributed by atoms with Gasteiger partial charge >= 0.3 is 0 Å². The summed E-state index contributed by atoms with van der Waals surface area (Å²) in [5.41, 5.74) is 6.34. The van der Waals surface area contributed by atoms with E-state index in [-0.39, 0.29) is 11.9 Å². The highest BCUT2D eigenvalue weighted by molar-refractivity contribution is 6.33. The first-order chi connectivity index (χ1) is 9.72. The number of hydrogen-bond donors (Lipinski definition) is 2. The van der Waals surface area contributed by atoms with Crippen molar-refractivity contribution in [2.24, 2.45) is 0 Å². The predicted molar refractivity (Wildman–Crippen MR) is 73.9 cm³/mol. The maximum atomic E-state index is 6.06. The lowest BCUT2D eigenvalue weighted by Gasteiger charge is -2.08. The van der Waals surface area contributed by atoms with Gasteiger partial charge in [-0.2, -0.15) is 15.0 Å². The number of nitrogens with zero attached hydrogens (tertiary/aromatic N) is 6. The highest BCUT2D eigenvalue weighted by Crippen LogP contribution is 2.23. The first kappa shape index (κ1) is 12.3. The molecule has 3 aromatic rings. The highest BCUT2D eigenvalue weighted by atomic mass is 35.5. The number of anilines is 3. The Labute approximate surface area is 118 Å². The van der Waals surface area contributed by atoms with Crippen LogP contribution in [0.15, 0.2) is 36.9 Å². The molecule has 0 radical (unpaired) electrons. The first-order valence-corrected chi connectivity index (χ1v) is 5.98. The average Bonchev–Trinajstić information content (AvgIpc) is 2.95. The Balaban J connectivity index is 1.97. The molecule has 2 aromatic heterocycles. The smallest absolute Gasteiger partial charge is 0.242 e. The van der Waals surface area contributed by atoms with Crippen LogP contribution in [0.2, 0.25) is 5.02 Å². The largest absolute Gasteiger partial charge is 0.368 e. The number of benzene rings is 1. The van der Waals surface area contributed by atoms with Gasteiger partial charge in [0, 0.05) is 0 Å². The molecular formula is C11H9ClN8. The summed E-state index contributed by atoms with van der Waals surface area (Å²) in [6.45, 7) is 0. The summed E-state index contributed by atoms with van der Waals surface area (Å²) >= 11 is 6.06. The van der Waals surface area contributed by atoms with Crippen molar-refractivity contribution < 1.29 is 0 Å². The fourth-order valence-electron chi connectivity index (χ4n) is 1.54. The Morgan fingerprint density at radius 2 is 1.80 bits per heavy atom. The van der Waals surface area contributed by atoms with Crippen molar-refractivity contribution in [2.45, 2.75) is 0 Å². The summed E-state index contributed by atoms with van der Waals surface area (Å²) in [6.07, 6.45) is 2.93. The zero-order chi connectivity index (χ0) is 13.9. The molecule has 1 aromatic carbocycles. The molecule has 0 spiro atoms. The lowest BCUT2D eigenvalue weighted by atomic mass is 10.3. The number of halogens is 1. The van der Waals surface area contributed by atoms with Gasteiger partial charge in [0.1, 0.15) is 12.7 Å². The van der Waals surface area contributed by atoms with Gasteiger partial charge in [0.25, 0.3) is 0 Å². The van der Waals surface area contributed by atoms with E-state index >= 15 is 0 Å². The SMILES string of the molecule is Nc1nc(Nc2ccccc2Cl)nc(-n2cnnc2)n1. The zero-order valence-electron chi connectivity index (χ0n) is 10.1. The number of nitrogen functional groups attached to an aromatic ring is 1. The molecule has 0 amide bonds. The summed E-state index contributed by atoms with van der Waals surface area (Å²) in [7, 11) is 0. The van der Waals surface area contributed by atoms with Gasteiger partial charge in [-0.1, -0.05) is 23.7 Å². The Bertz CT molecular complexity index is 727. The summed E-state index contributed by atoms with van der Waals surface area (Å²) in [5, 5.41) is 10.9. The number of rotatable bonds is 3. The molecule has 2 heterocycles. The van der Waals surface area contributed by atoms with Crippen molar-refractivity contribution in [3.05, 3.63) is 41.9 Å². The van der Waals surface area contributed by atoms with Gasteiger partial charge in [-0.3, -0.25) is 4.57 Å². The number of aromatic nitrogens is 6. The van der Waals surface area contributed by atoms with E-state index in [0.29, 0.717) is 16.7 Å². The normalized spacial score (nSPS) is 10.4. The van der Waals surface area contributed by atoms with Gasteiger partial charge in [0.05, 0.1) is 10.7 Å². The minimum atomic E-state index is 0.0817. The quantitative estimate of drug-likeness (QED) is 0.750. The molecule has 9 heteroatoms. The molecule has 0 unspecified atom stereocenters. The maximum Gasteiger partial charge on any atom is 0.242 e. The molecule has 0 aliphatic rings. The topological polar surface area (TPSA) is 107 Å². The van der Waals surface area contributed by atoms with Gasteiger partial charge in [0.15, 0.2) is 0 Å². The van der Waals surface area contributed by atoms with E-state index in [1.54, 1.807) is 12.1 Å². The van der Waals surface area contributed by atoms with Gasteiger partial charge in [-0.15, -0.1) is 10.2 Å². The third kappa shape index (κ3) is 2.50. The highest BCUT2D eigenvalue weighted by Gasteiger charge is 2.08. The van der Waals surface area contributed by atoms with Crippen molar-refractivity contribution in [3.8, 4) is 5.95 Å². The van der Waals surface area contributed by atoms with Crippen LogP contribution in [0.4, 0.5) is 17.6 Å². The molecule has 0 bridgehead atoms. The third-order valence-electron chi connectivity index (χ3n) is 2.41. The zero-order valence-corrected chi connectivity index (χ0v) is 10.9. The van der Waals surface area contributed by atoms with Crippen molar-refractivity contribution >= 4 is 29.2 Å². The van der Waals surface area contributed by atoms with E-state index in [9.17, 15) is 0 Å². The lowest BCUT2D eigenvalue weighted by Crippen LogP contribution is -2.08. The van der Waals surface area contributed by atoms with Gasteiger partial charge in [-0.05, 0) is 12.1 Å². The number of nitrogens with one attached hydrogen (secondary N) is 1. The van der Waals surface area contributed by atoms with E-state index in [1.165, 1.54) is 17.2 Å². The summed E-state index contributed by atoms with van der Waals surface area (Å²) in [5.74, 6) is 0.685. The van der Waals surface area contributed by atoms with E-state index in [1.807, 2.05) is 12.1 Å². The molecule has 100 valence electrons. The summed E-state index contributed by atoms with van der Waals surface area (Å²) < 4.78 is 1.52. The van der Waals surface area contributed by atoms with Crippen LogP contribution in [0.1, 0.15) is 0 Å². The van der Waals surface area contributed by atoms with Crippen LogP contribution in [-0.4, -0.2) is 29.7 Å². The van der Waals surface area contributed by atoms with E-state index in [4.69, 9.17) is 17.3 Å². The molecular weight excluding hydrogens is 280 g/mol. The van der Waals surface area contributed by atoms with Crippen LogP contribution in [0, 0.1) is 0 Å². The van der Waals surface area contributed by atoms with Crippen LogP contribution >= 0.6 is 11.6 Å². The van der Waals surface area contributed by atoms with Crippen LogP contribution in [0.5, 0.6) is 0 Å². The van der Waals surface area contributed by atoms with Gasteiger partial charge < -0.3 is 11.1 Å². The Hall–Kier alpha value is -2.74. The summed E-state index contributed by atoms with van der Waals surface area (Å²) in [4.78, 5) is 12.2. The molecule has 0 aliphatic heterocycles. The van der Waals surface area contributed by atoms with Crippen LogP contribution in [0.25, 0.3) is 5.95 Å². The standard InChI is InChI=1S/C11H9ClN8/c12-7-3-1-2-4-8(7)16-10-17-9(13)18-11(19-10)20-5-14-15-6-20/h1-6H,(H3,13,16,17,18,19). The molecule has 0 atom stereocenters. The van der Waals surface area contributed by atoms with Crippen molar-refractivity contribution in [3.63, 3.8) is 0 Å². The molecule has 0 saturated heterocycles. The lowest BCUT2D eigenvalue weighted by molar-refractivity contribution is 0.904. The maximum absolute atomic E-state index is 6.06. The minimum absolute atomic E-state index is 0.0817. The molecule has 0 fully saturated rings. The molecule has 3 rings (SSSR count).